The Morgan fingerprint density at radius 2 is 1.89 bits per heavy atom. The molecule has 0 bridgehead atoms. The molecule has 0 amide bonds. The minimum absolute atomic E-state index is 0.0559. The molecular weight excluding hydrogens is 248 g/mol. The average Bonchev–Trinajstić information content (AvgIpc) is 2.36. The van der Waals surface area contributed by atoms with Crippen LogP contribution in [0.1, 0.15) is 20.8 Å². The van der Waals surface area contributed by atoms with E-state index in [0.717, 1.165) is 17.3 Å². The van der Waals surface area contributed by atoms with Crippen molar-refractivity contribution < 1.29 is 5.11 Å². The fourth-order valence-electron chi connectivity index (χ4n) is 2.36. The maximum atomic E-state index is 10.4. The van der Waals surface area contributed by atoms with Crippen molar-refractivity contribution in [1.82, 2.24) is 5.32 Å². The van der Waals surface area contributed by atoms with Gasteiger partial charge in [0.05, 0.1) is 16.3 Å². The van der Waals surface area contributed by atoms with Crippen molar-refractivity contribution in [1.29, 1.82) is 0 Å². The average molecular weight is 269 g/mol. The van der Waals surface area contributed by atoms with Crippen LogP contribution < -0.4 is 10.2 Å². The van der Waals surface area contributed by atoms with Gasteiger partial charge in [-0.3, -0.25) is 0 Å². The summed E-state index contributed by atoms with van der Waals surface area (Å²) < 4.78 is 0. The third-order valence-corrected chi connectivity index (χ3v) is 3.58. The van der Waals surface area contributed by atoms with Gasteiger partial charge in [-0.25, -0.2) is 0 Å². The van der Waals surface area contributed by atoms with Gasteiger partial charge in [0.15, 0.2) is 0 Å². The monoisotopic (exact) mass is 268 g/mol. The molecule has 18 heavy (non-hydrogen) atoms. The second kappa shape index (κ2) is 4.72. The maximum absolute atomic E-state index is 10.4. The summed E-state index contributed by atoms with van der Waals surface area (Å²) >= 11 is 6.25. The molecule has 0 spiro atoms. The lowest BCUT2D eigenvalue weighted by Crippen LogP contribution is -2.47. The van der Waals surface area contributed by atoms with Gasteiger partial charge in [-0.05, 0) is 32.9 Å². The molecule has 3 nitrogen and oxygen atoms in total. The minimum atomic E-state index is -0.757. The molecule has 2 rings (SSSR count). The van der Waals surface area contributed by atoms with Gasteiger partial charge in [0.25, 0.3) is 0 Å². The summed E-state index contributed by atoms with van der Waals surface area (Å²) in [6.45, 7) is 8.10. The molecule has 100 valence electrons. The number of halogens is 1. The van der Waals surface area contributed by atoms with E-state index in [9.17, 15) is 5.11 Å². The molecule has 0 aromatic heterocycles. The quantitative estimate of drug-likeness (QED) is 0.820. The van der Waals surface area contributed by atoms with Crippen molar-refractivity contribution in [3.63, 3.8) is 0 Å². The number of nitrogens with one attached hydrogen (secondary N) is 1. The highest BCUT2D eigenvalue weighted by Crippen LogP contribution is 2.29. The van der Waals surface area contributed by atoms with E-state index in [2.05, 4.69) is 24.1 Å². The van der Waals surface area contributed by atoms with Crippen LogP contribution in [-0.2, 0) is 0 Å². The third-order valence-electron chi connectivity index (χ3n) is 3.26. The van der Waals surface area contributed by atoms with Gasteiger partial charge < -0.3 is 15.3 Å². The molecule has 1 heterocycles. The second-order valence-electron chi connectivity index (χ2n) is 6.04. The van der Waals surface area contributed by atoms with Crippen LogP contribution in [0.5, 0.6) is 0 Å². The number of β-amino-alcohol motifs (C(OH)–C–C–N with tert-alkyl or cyclic N) is 1. The summed E-state index contributed by atoms with van der Waals surface area (Å²) in [5.41, 5.74) is 0.170. The number of para-hydroxylation sites is 1. The van der Waals surface area contributed by atoms with Crippen LogP contribution in [0.15, 0.2) is 24.3 Å². The van der Waals surface area contributed by atoms with Crippen LogP contribution in [0.3, 0.4) is 0 Å². The fourth-order valence-corrected chi connectivity index (χ4v) is 2.62. The predicted octanol–water partition coefficient (Wildman–Crippen LogP) is 2.28. The third kappa shape index (κ3) is 3.16. The Balaban J connectivity index is 2.33. The molecule has 2 N–H and O–H groups in total. The van der Waals surface area contributed by atoms with Gasteiger partial charge in [0.1, 0.15) is 0 Å². The standard InChI is InChI=1S/C14H21ClN2O/c1-13(2)9-17(10-14(3,18)8-16-13)12-7-5-4-6-11(12)15/h4-7,16,18H,8-10H2,1-3H3. The van der Waals surface area contributed by atoms with Crippen molar-refractivity contribution in [2.24, 2.45) is 0 Å². The number of hydrogen-bond acceptors (Lipinski definition) is 3. The zero-order chi connectivity index (χ0) is 13.4. The Morgan fingerprint density at radius 3 is 2.56 bits per heavy atom. The van der Waals surface area contributed by atoms with E-state index in [4.69, 9.17) is 11.6 Å². The summed E-state index contributed by atoms with van der Waals surface area (Å²) in [5, 5.41) is 14.5. The first-order valence-corrected chi connectivity index (χ1v) is 6.64. The Kier molecular flexibility index (Phi) is 3.58. The van der Waals surface area contributed by atoms with Crippen LogP contribution in [0.25, 0.3) is 0 Å². The fraction of sp³-hybridized carbons (Fsp3) is 0.571. The summed E-state index contributed by atoms with van der Waals surface area (Å²) in [4.78, 5) is 2.16. The van der Waals surface area contributed by atoms with E-state index in [1.165, 1.54) is 0 Å². The molecular formula is C14H21ClN2O. The van der Waals surface area contributed by atoms with Crippen molar-refractivity contribution in [3.05, 3.63) is 29.3 Å². The summed E-state index contributed by atoms with van der Waals surface area (Å²) in [5.74, 6) is 0. The Labute approximate surface area is 114 Å². The molecule has 1 aromatic carbocycles. The van der Waals surface area contributed by atoms with Gasteiger partial charge in [-0.1, -0.05) is 23.7 Å². The van der Waals surface area contributed by atoms with Gasteiger partial charge in [0, 0.05) is 25.2 Å². The van der Waals surface area contributed by atoms with Crippen LogP contribution in [0.4, 0.5) is 5.69 Å². The molecule has 1 aliphatic heterocycles. The van der Waals surface area contributed by atoms with Crippen molar-refractivity contribution >= 4 is 17.3 Å². The molecule has 1 aliphatic rings. The topological polar surface area (TPSA) is 35.5 Å². The molecule has 1 aromatic rings. The van der Waals surface area contributed by atoms with E-state index in [0.29, 0.717) is 13.1 Å². The van der Waals surface area contributed by atoms with E-state index in [1.807, 2.05) is 31.2 Å². The molecule has 0 aliphatic carbocycles. The van der Waals surface area contributed by atoms with Crippen molar-refractivity contribution in [2.75, 3.05) is 24.5 Å². The van der Waals surface area contributed by atoms with Gasteiger partial charge in [-0.15, -0.1) is 0 Å². The number of nitrogens with zero attached hydrogens (tertiary/aromatic N) is 1. The lowest BCUT2D eigenvalue weighted by Gasteiger charge is -2.32. The minimum Gasteiger partial charge on any atom is -0.387 e. The number of benzene rings is 1. The summed E-state index contributed by atoms with van der Waals surface area (Å²) in [7, 11) is 0. The Hall–Kier alpha value is -0.770. The Bertz CT molecular complexity index is 414. The van der Waals surface area contributed by atoms with E-state index >= 15 is 0 Å². The molecule has 1 fully saturated rings. The first-order chi connectivity index (χ1) is 8.29. The zero-order valence-electron chi connectivity index (χ0n) is 11.2. The first kappa shape index (κ1) is 13.7. The molecule has 1 atom stereocenters. The number of anilines is 1. The second-order valence-corrected chi connectivity index (χ2v) is 6.45. The summed E-state index contributed by atoms with van der Waals surface area (Å²) in [6.07, 6.45) is 0. The van der Waals surface area contributed by atoms with Crippen molar-refractivity contribution in [2.45, 2.75) is 31.9 Å². The van der Waals surface area contributed by atoms with Crippen LogP contribution >= 0.6 is 11.6 Å². The highest BCUT2D eigenvalue weighted by Gasteiger charge is 2.34. The van der Waals surface area contributed by atoms with Crippen LogP contribution in [0, 0.1) is 0 Å². The lowest BCUT2D eigenvalue weighted by molar-refractivity contribution is 0.0696. The zero-order valence-corrected chi connectivity index (χ0v) is 12.0. The first-order valence-electron chi connectivity index (χ1n) is 6.26. The van der Waals surface area contributed by atoms with Crippen LogP contribution in [0.2, 0.25) is 5.02 Å². The number of rotatable bonds is 1. The van der Waals surface area contributed by atoms with E-state index in [1.54, 1.807) is 0 Å². The van der Waals surface area contributed by atoms with Gasteiger partial charge >= 0.3 is 0 Å². The normalized spacial score (nSPS) is 27.9. The molecule has 1 unspecified atom stereocenters. The molecule has 1 saturated heterocycles. The highest BCUT2D eigenvalue weighted by molar-refractivity contribution is 6.33. The van der Waals surface area contributed by atoms with Gasteiger partial charge in [-0.2, -0.15) is 0 Å². The van der Waals surface area contributed by atoms with E-state index < -0.39 is 5.60 Å². The maximum Gasteiger partial charge on any atom is 0.0917 e. The van der Waals surface area contributed by atoms with Gasteiger partial charge in [0.2, 0.25) is 0 Å². The molecule has 4 heteroatoms. The number of aliphatic hydroxyl groups is 1. The number of hydrogen-bond donors (Lipinski definition) is 2. The van der Waals surface area contributed by atoms with Crippen LogP contribution in [-0.4, -0.2) is 35.9 Å². The Morgan fingerprint density at radius 1 is 1.22 bits per heavy atom. The molecule has 0 saturated carbocycles. The smallest absolute Gasteiger partial charge is 0.0917 e. The predicted molar refractivity (Wildman–Crippen MR) is 76.4 cm³/mol. The lowest BCUT2D eigenvalue weighted by atomic mass is 10.1. The molecule has 0 radical (unpaired) electrons. The largest absolute Gasteiger partial charge is 0.387 e. The SMILES string of the molecule is CC1(O)CNC(C)(C)CN(c2ccccc2Cl)C1. The van der Waals surface area contributed by atoms with E-state index in [-0.39, 0.29) is 5.54 Å². The summed E-state index contributed by atoms with van der Waals surface area (Å²) in [6, 6.07) is 7.78. The van der Waals surface area contributed by atoms with Crippen molar-refractivity contribution in [3.8, 4) is 0 Å². The highest BCUT2D eigenvalue weighted by atomic mass is 35.5.